The van der Waals surface area contributed by atoms with Crippen LogP contribution in [0.3, 0.4) is 0 Å². The molecule has 18 heavy (non-hydrogen) atoms. The summed E-state index contributed by atoms with van der Waals surface area (Å²) in [4.78, 5) is 0. The molecular formula is C15H22ClFO. The van der Waals surface area contributed by atoms with E-state index in [2.05, 4.69) is 13.8 Å². The van der Waals surface area contributed by atoms with E-state index in [0.717, 1.165) is 32.1 Å². The summed E-state index contributed by atoms with van der Waals surface area (Å²) < 4.78 is 19.4. The Balaban J connectivity index is 2.55. The molecule has 102 valence electrons. The highest BCUT2D eigenvalue weighted by molar-refractivity contribution is 6.31. The molecule has 0 heterocycles. The Bertz CT molecular complexity index is 334. The first-order valence-electron chi connectivity index (χ1n) is 6.73. The van der Waals surface area contributed by atoms with Crippen molar-refractivity contribution < 1.29 is 9.13 Å². The lowest BCUT2D eigenvalue weighted by atomic mass is 10.1. The second-order valence-corrected chi connectivity index (χ2v) is 4.97. The Morgan fingerprint density at radius 3 is 2.61 bits per heavy atom. The van der Waals surface area contributed by atoms with Crippen LogP contribution in [0.15, 0.2) is 18.2 Å². The van der Waals surface area contributed by atoms with E-state index in [9.17, 15) is 4.39 Å². The van der Waals surface area contributed by atoms with E-state index in [-0.39, 0.29) is 18.5 Å². The zero-order chi connectivity index (χ0) is 13.4. The van der Waals surface area contributed by atoms with Gasteiger partial charge in [-0.2, -0.15) is 0 Å². The van der Waals surface area contributed by atoms with Crippen LogP contribution in [0, 0.1) is 5.82 Å². The average molecular weight is 273 g/mol. The molecule has 0 saturated carbocycles. The average Bonchev–Trinajstić information content (AvgIpc) is 2.35. The first kappa shape index (κ1) is 15.5. The molecular weight excluding hydrogens is 251 g/mol. The molecule has 0 fully saturated rings. The maximum absolute atomic E-state index is 13.6. The normalized spacial score (nSPS) is 12.7. The largest absolute Gasteiger partial charge is 0.373 e. The van der Waals surface area contributed by atoms with Gasteiger partial charge in [-0.25, -0.2) is 4.39 Å². The number of rotatable bonds is 8. The molecule has 1 aromatic rings. The molecule has 0 amide bonds. The molecule has 1 nitrogen and oxygen atoms in total. The summed E-state index contributed by atoms with van der Waals surface area (Å²) in [6.07, 6.45) is 5.66. The third-order valence-electron chi connectivity index (χ3n) is 3.02. The number of hydrogen-bond acceptors (Lipinski definition) is 1. The molecule has 0 aliphatic rings. The number of halogens is 2. The van der Waals surface area contributed by atoms with E-state index in [1.165, 1.54) is 6.07 Å². The lowest BCUT2D eigenvalue weighted by molar-refractivity contribution is 0.0263. The van der Waals surface area contributed by atoms with Crippen LogP contribution in [-0.2, 0) is 11.3 Å². The van der Waals surface area contributed by atoms with Gasteiger partial charge < -0.3 is 4.74 Å². The minimum atomic E-state index is -0.284. The maximum Gasteiger partial charge on any atom is 0.130 e. The van der Waals surface area contributed by atoms with Crippen LogP contribution in [-0.4, -0.2) is 6.10 Å². The van der Waals surface area contributed by atoms with Crippen molar-refractivity contribution in [2.45, 2.75) is 58.7 Å². The molecule has 0 radical (unpaired) electrons. The Labute approximate surface area is 114 Å². The fourth-order valence-electron chi connectivity index (χ4n) is 1.94. The molecule has 0 saturated heterocycles. The molecule has 3 heteroatoms. The molecule has 1 rings (SSSR count). The van der Waals surface area contributed by atoms with Crippen molar-refractivity contribution in [3.05, 3.63) is 34.6 Å². The van der Waals surface area contributed by atoms with Crippen LogP contribution >= 0.6 is 11.6 Å². The Hall–Kier alpha value is -0.600. The van der Waals surface area contributed by atoms with Gasteiger partial charge in [0.25, 0.3) is 0 Å². The van der Waals surface area contributed by atoms with Gasteiger partial charge in [-0.05, 0) is 25.0 Å². The SMILES string of the molecule is CCCCC(CCC)OCc1c(F)cccc1Cl. The van der Waals surface area contributed by atoms with E-state index < -0.39 is 0 Å². The van der Waals surface area contributed by atoms with E-state index in [4.69, 9.17) is 16.3 Å². The molecule has 0 bridgehead atoms. The van der Waals surface area contributed by atoms with Gasteiger partial charge in [0, 0.05) is 10.6 Å². The Morgan fingerprint density at radius 1 is 1.22 bits per heavy atom. The zero-order valence-corrected chi connectivity index (χ0v) is 12.0. The Kier molecular flexibility index (Phi) is 7.29. The second kappa shape index (κ2) is 8.49. The fourth-order valence-corrected chi connectivity index (χ4v) is 2.15. The highest BCUT2D eigenvalue weighted by Crippen LogP contribution is 2.22. The molecule has 1 aromatic carbocycles. The van der Waals surface area contributed by atoms with E-state index >= 15 is 0 Å². The van der Waals surface area contributed by atoms with Crippen molar-refractivity contribution in [2.75, 3.05) is 0 Å². The van der Waals surface area contributed by atoms with E-state index in [1.807, 2.05) is 0 Å². The van der Waals surface area contributed by atoms with E-state index in [0.29, 0.717) is 10.6 Å². The molecule has 0 aromatic heterocycles. The standard InChI is InChI=1S/C15H22ClFO/c1-3-5-8-12(7-4-2)18-11-13-14(16)9-6-10-15(13)17/h6,9-10,12H,3-5,7-8,11H2,1-2H3. The quantitative estimate of drug-likeness (QED) is 0.619. The van der Waals surface area contributed by atoms with Crippen LogP contribution < -0.4 is 0 Å². The van der Waals surface area contributed by atoms with Gasteiger partial charge in [-0.3, -0.25) is 0 Å². The van der Waals surface area contributed by atoms with Crippen LogP contribution in [0.2, 0.25) is 5.02 Å². The topological polar surface area (TPSA) is 9.23 Å². The van der Waals surface area contributed by atoms with Gasteiger partial charge in [0.1, 0.15) is 5.82 Å². The maximum atomic E-state index is 13.6. The van der Waals surface area contributed by atoms with Gasteiger partial charge in [0.05, 0.1) is 12.7 Å². The van der Waals surface area contributed by atoms with Crippen LogP contribution in [0.4, 0.5) is 4.39 Å². The predicted octanol–water partition coefficient (Wildman–Crippen LogP) is 5.35. The Morgan fingerprint density at radius 2 is 2.00 bits per heavy atom. The second-order valence-electron chi connectivity index (χ2n) is 4.56. The highest BCUT2D eigenvalue weighted by Gasteiger charge is 2.11. The summed E-state index contributed by atoms with van der Waals surface area (Å²) in [5.41, 5.74) is 0.469. The number of benzene rings is 1. The molecule has 1 unspecified atom stereocenters. The summed E-state index contributed by atoms with van der Waals surface area (Å²) in [6, 6.07) is 4.73. The first-order valence-corrected chi connectivity index (χ1v) is 7.11. The molecule has 0 aliphatic heterocycles. The van der Waals surface area contributed by atoms with Crippen molar-refractivity contribution in [3.8, 4) is 0 Å². The number of hydrogen-bond donors (Lipinski definition) is 0. The van der Waals surface area contributed by atoms with Gasteiger partial charge in [-0.15, -0.1) is 0 Å². The van der Waals surface area contributed by atoms with Crippen LogP contribution in [0.1, 0.15) is 51.5 Å². The van der Waals surface area contributed by atoms with E-state index in [1.54, 1.807) is 12.1 Å². The van der Waals surface area contributed by atoms with Gasteiger partial charge in [0.15, 0.2) is 0 Å². The highest BCUT2D eigenvalue weighted by atomic mass is 35.5. The van der Waals surface area contributed by atoms with Gasteiger partial charge in [0.2, 0.25) is 0 Å². The smallest absolute Gasteiger partial charge is 0.130 e. The molecule has 0 spiro atoms. The third kappa shape index (κ3) is 4.95. The molecule has 0 aliphatic carbocycles. The third-order valence-corrected chi connectivity index (χ3v) is 3.37. The van der Waals surface area contributed by atoms with Gasteiger partial charge >= 0.3 is 0 Å². The van der Waals surface area contributed by atoms with Crippen LogP contribution in [0.25, 0.3) is 0 Å². The summed E-state index contributed by atoms with van der Waals surface area (Å²) in [6.45, 7) is 4.56. The fraction of sp³-hybridized carbons (Fsp3) is 0.600. The lowest BCUT2D eigenvalue weighted by Crippen LogP contribution is -2.13. The summed E-state index contributed by atoms with van der Waals surface area (Å²) in [5.74, 6) is -0.284. The summed E-state index contributed by atoms with van der Waals surface area (Å²) in [7, 11) is 0. The van der Waals surface area contributed by atoms with Crippen LogP contribution in [0.5, 0.6) is 0 Å². The van der Waals surface area contributed by atoms with Crippen molar-refractivity contribution in [1.29, 1.82) is 0 Å². The van der Waals surface area contributed by atoms with Crippen molar-refractivity contribution in [1.82, 2.24) is 0 Å². The monoisotopic (exact) mass is 272 g/mol. The van der Waals surface area contributed by atoms with Crippen molar-refractivity contribution >= 4 is 11.6 Å². The minimum Gasteiger partial charge on any atom is -0.373 e. The summed E-state index contributed by atoms with van der Waals surface area (Å²) >= 11 is 5.97. The lowest BCUT2D eigenvalue weighted by Gasteiger charge is -2.17. The number of ether oxygens (including phenoxy) is 1. The number of unbranched alkanes of at least 4 members (excludes halogenated alkanes) is 1. The van der Waals surface area contributed by atoms with Gasteiger partial charge in [-0.1, -0.05) is 50.8 Å². The molecule has 1 atom stereocenters. The zero-order valence-electron chi connectivity index (χ0n) is 11.2. The van der Waals surface area contributed by atoms with Crippen molar-refractivity contribution in [3.63, 3.8) is 0 Å². The summed E-state index contributed by atoms with van der Waals surface area (Å²) in [5, 5.41) is 0.445. The first-order chi connectivity index (χ1) is 8.69. The van der Waals surface area contributed by atoms with Crippen molar-refractivity contribution in [2.24, 2.45) is 0 Å². The minimum absolute atomic E-state index is 0.214. The molecule has 0 N–H and O–H groups in total. The predicted molar refractivity (Wildman–Crippen MR) is 74.4 cm³/mol.